The normalized spacial score (nSPS) is 16.5. The molecule has 1 aliphatic heterocycles. The number of anilines is 3. The number of hydrogen-bond acceptors (Lipinski definition) is 6. The molecule has 0 saturated carbocycles. The summed E-state index contributed by atoms with van der Waals surface area (Å²) in [6, 6.07) is 5.26. The molecular formula is C22H26FN7O. The monoisotopic (exact) mass is 423 g/mol. The molecule has 0 aliphatic carbocycles. The largest absolute Gasteiger partial charge is 0.397 e. The summed E-state index contributed by atoms with van der Waals surface area (Å²) in [4.78, 5) is 23.5. The number of nitrogen functional groups attached to an aromatic ring is 1. The van der Waals surface area contributed by atoms with E-state index in [1.54, 1.807) is 43.0 Å². The molecule has 162 valence electrons. The number of nitrogens with two attached hydrogens (primary N) is 1. The van der Waals surface area contributed by atoms with Gasteiger partial charge in [-0.25, -0.2) is 9.37 Å². The first kappa shape index (κ1) is 20.8. The molecule has 1 aromatic carbocycles. The fourth-order valence-electron chi connectivity index (χ4n) is 4.02. The molecule has 3 aromatic rings. The number of aromatic nitrogens is 2. The number of pyridine rings is 1. The first-order valence-electron chi connectivity index (χ1n) is 10.1. The lowest BCUT2D eigenvalue weighted by Gasteiger charge is -2.23. The Bertz CT molecular complexity index is 1170. The molecule has 8 nitrogen and oxygen atoms in total. The van der Waals surface area contributed by atoms with Crippen molar-refractivity contribution in [2.75, 3.05) is 43.1 Å². The summed E-state index contributed by atoms with van der Waals surface area (Å²) in [6.07, 6.45) is 6.02. The van der Waals surface area contributed by atoms with Gasteiger partial charge in [-0.15, -0.1) is 0 Å². The molecule has 1 atom stereocenters. The number of fused-ring (bicyclic) bond motifs is 1. The first-order chi connectivity index (χ1) is 14.9. The number of halogens is 1. The molecule has 31 heavy (non-hydrogen) atoms. The number of amides is 1. The zero-order chi connectivity index (χ0) is 22.1. The maximum atomic E-state index is 14.4. The smallest absolute Gasteiger partial charge is 0.257 e. The fourth-order valence-corrected chi connectivity index (χ4v) is 4.02. The van der Waals surface area contributed by atoms with Gasteiger partial charge in [0.2, 0.25) is 0 Å². The molecular weight excluding hydrogens is 397 g/mol. The predicted octanol–water partition coefficient (Wildman–Crippen LogP) is 2.46. The van der Waals surface area contributed by atoms with Crippen LogP contribution in [-0.2, 0) is 0 Å². The Labute approximate surface area is 180 Å². The van der Waals surface area contributed by atoms with Crippen molar-refractivity contribution in [3.05, 3.63) is 53.2 Å². The van der Waals surface area contributed by atoms with Crippen LogP contribution < -0.4 is 21.3 Å². The van der Waals surface area contributed by atoms with Crippen molar-refractivity contribution in [3.8, 4) is 0 Å². The molecule has 1 unspecified atom stereocenters. The van der Waals surface area contributed by atoms with E-state index in [4.69, 9.17) is 5.73 Å². The maximum Gasteiger partial charge on any atom is 0.257 e. The summed E-state index contributed by atoms with van der Waals surface area (Å²) < 4.78 is 15.9. The molecule has 1 saturated heterocycles. The van der Waals surface area contributed by atoms with Gasteiger partial charge in [-0.05, 0) is 32.5 Å². The van der Waals surface area contributed by atoms with Crippen LogP contribution in [0.1, 0.15) is 28.0 Å². The SMILES string of the molecule is CN=Cc1c(N2CCC(NC)C2)ccc(C(=O)Nc2cc(F)c3nc(C)cn3c2)c1N. The van der Waals surface area contributed by atoms with E-state index >= 15 is 0 Å². The van der Waals surface area contributed by atoms with Gasteiger partial charge in [0.25, 0.3) is 5.91 Å². The van der Waals surface area contributed by atoms with Gasteiger partial charge in [-0.3, -0.25) is 9.79 Å². The lowest BCUT2D eigenvalue weighted by atomic mass is 10.0. The molecule has 0 spiro atoms. The van der Waals surface area contributed by atoms with Crippen LogP contribution in [-0.4, -0.2) is 54.7 Å². The zero-order valence-electron chi connectivity index (χ0n) is 17.8. The van der Waals surface area contributed by atoms with E-state index < -0.39 is 11.7 Å². The second kappa shape index (κ2) is 8.35. The van der Waals surface area contributed by atoms with Crippen LogP contribution in [0.25, 0.3) is 5.65 Å². The van der Waals surface area contributed by atoms with Gasteiger partial charge in [-0.2, -0.15) is 0 Å². The predicted molar refractivity (Wildman–Crippen MR) is 122 cm³/mol. The quantitative estimate of drug-likeness (QED) is 0.432. The Balaban J connectivity index is 1.65. The minimum absolute atomic E-state index is 0.214. The van der Waals surface area contributed by atoms with Crippen LogP contribution in [0.3, 0.4) is 0 Å². The Morgan fingerprint density at radius 2 is 2.19 bits per heavy atom. The minimum atomic E-state index is -0.513. The lowest BCUT2D eigenvalue weighted by molar-refractivity contribution is 0.102. The maximum absolute atomic E-state index is 14.4. The molecule has 0 radical (unpaired) electrons. The second-order valence-electron chi connectivity index (χ2n) is 7.71. The van der Waals surface area contributed by atoms with Crippen LogP contribution in [0.4, 0.5) is 21.5 Å². The van der Waals surface area contributed by atoms with Gasteiger partial charge in [0.1, 0.15) is 0 Å². The van der Waals surface area contributed by atoms with E-state index in [0.717, 1.165) is 25.2 Å². The fraction of sp³-hybridized carbons (Fsp3) is 0.318. The number of carbonyl (C=O) groups excluding carboxylic acids is 1. The molecule has 4 N–H and O–H groups in total. The number of carbonyl (C=O) groups is 1. The Hall–Kier alpha value is -3.46. The molecule has 1 aliphatic rings. The number of aryl methyl sites for hydroxylation is 1. The Morgan fingerprint density at radius 1 is 1.39 bits per heavy atom. The van der Waals surface area contributed by atoms with Gasteiger partial charge in [0, 0.05) is 62.1 Å². The van der Waals surface area contributed by atoms with E-state index in [0.29, 0.717) is 34.2 Å². The molecule has 0 bridgehead atoms. The summed E-state index contributed by atoms with van der Waals surface area (Å²) >= 11 is 0. The van der Waals surface area contributed by atoms with E-state index in [2.05, 4.69) is 25.5 Å². The number of imidazole rings is 1. The number of benzene rings is 1. The topological polar surface area (TPSA) is 100 Å². The van der Waals surface area contributed by atoms with Gasteiger partial charge in [0.05, 0.1) is 22.6 Å². The molecule has 9 heteroatoms. The number of hydrogen-bond donors (Lipinski definition) is 3. The highest BCUT2D eigenvalue weighted by Gasteiger charge is 2.25. The van der Waals surface area contributed by atoms with Gasteiger partial charge >= 0.3 is 0 Å². The number of rotatable bonds is 5. The van der Waals surface area contributed by atoms with Crippen LogP contribution in [0.15, 0.2) is 35.6 Å². The third-order valence-corrected chi connectivity index (χ3v) is 5.59. The average Bonchev–Trinajstić information content (AvgIpc) is 3.35. The summed E-state index contributed by atoms with van der Waals surface area (Å²) in [6.45, 7) is 3.53. The molecule has 1 amide bonds. The number of aliphatic imine (C=N–C) groups is 1. The first-order valence-corrected chi connectivity index (χ1v) is 10.1. The van der Waals surface area contributed by atoms with Crippen LogP contribution in [0.5, 0.6) is 0 Å². The molecule has 4 rings (SSSR count). The highest BCUT2D eigenvalue weighted by Crippen LogP contribution is 2.31. The van der Waals surface area contributed by atoms with Crippen molar-refractivity contribution in [2.24, 2.45) is 4.99 Å². The zero-order valence-corrected chi connectivity index (χ0v) is 17.8. The highest BCUT2D eigenvalue weighted by molar-refractivity contribution is 6.11. The average molecular weight is 423 g/mol. The number of nitrogens with one attached hydrogen (secondary N) is 2. The van der Waals surface area contributed by atoms with E-state index in [9.17, 15) is 9.18 Å². The Morgan fingerprint density at radius 3 is 2.90 bits per heavy atom. The molecule has 3 heterocycles. The van der Waals surface area contributed by atoms with Gasteiger partial charge < -0.3 is 25.7 Å². The third-order valence-electron chi connectivity index (χ3n) is 5.59. The minimum Gasteiger partial charge on any atom is -0.397 e. The van der Waals surface area contributed by atoms with Crippen LogP contribution in [0.2, 0.25) is 0 Å². The Kier molecular flexibility index (Phi) is 5.60. The van der Waals surface area contributed by atoms with Crippen molar-refractivity contribution >= 4 is 34.8 Å². The third kappa shape index (κ3) is 3.96. The molecule has 1 fully saturated rings. The van der Waals surface area contributed by atoms with Crippen molar-refractivity contribution in [1.82, 2.24) is 14.7 Å². The van der Waals surface area contributed by atoms with E-state index in [1.807, 2.05) is 13.1 Å². The summed E-state index contributed by atoms with van der Waals surface area (Å²) in [5.74, 6) is -0.930. The van der Waals surface area contributed by atoms with Crippen molar-refractivity contribution < 1.29 is 9.18 Å². The van der Waals surface area contributed by atoms with Crippen molar-refractivity contribution in [2.45, 2.75) is 19.4 Å². The van der Waals surface area contributed by atoms with E-state index in [1.165, 1.54) is 6.07 Å². The van der Waals surface area contributed by atoms with Crippen molar-refractivity contribution in [3.63, 3.8) is 0 Å². The standard InChI is InChI=1S/C22H26FN7O/c1-13-10-30-12-15(8-18(23)21(30)27-13)28-22(31)16-4-5-19(17(9-25-2)20(16)24)29-7-6-14(11-29)26-3/h4-5,8-10,12,14,26H,6-7,11,24H2,1-3H3,(H,28,31). The summed E-state index contributed by atoms with van der Waals surface area (Å²) in [5, 5.41) is 6.04. The number of likely N-dealkylation sites (N-methyl/N-ethyl adjacent to an activating group) is 1. The van der Waals surface area contributed by atoms with E-state index in [-0.39, 0.29) is 5.65 Å². The summed E-state index contributed by atoms with van der Waals surface area (Å²) in [7, 11) is 3.62. The van der Waals surface area contributed by atoms with Crippen molar-refractivity contribution in [1.29, 1.82) is 0 Å². The number of nitrogens with zero attached hydrogens (tertiary/aromatic N) is 4. The summed E-state index contributed by atoms with van der Waals surface area (Å²) in [5.41, 5.74) is 9.92. The second-order valence-corrected chi connectivity index (χ2v) is 7.71. The molecule has 2 aromatic heterocycles. The highest BCUT2D eigenvalue weighted by atomic mass is 19.1. The van der Waals surface area contributed by atoms with Gasteiger partial charge in [-0.1, -0.05) is 0 Å². The van der Waals surface area contributed by atoms with Crippen LogP contribution in [0, 0.1) is 12.7 Å². The lowest BCUT2D eigenvalue weighted by Crippen LogP contribution is -2.30. The van der Waals surface area contributed by atoms with Crippen LogP contribution >= 0.6 is 0 Å². The van der Waals surface area contributed by atoms with Gasteiger partial charge in [0.15, 0.2) is 11.5 Å².